The quantitative estimate of drug-likeness (QED) is 0.600. The van der Waals surface area contributed by atoms with Crippen LogP contribution in [0.5, 0.6) is 5.88 Å². The molecule has 1 saturated carbocycles. The van der Waals surface area contributed by atoms with Crippen LogP contribution in [0, 0.1) is 11.3 Å². The van der Waals surface area contributed by atoms with Crippen molar-refractivity contribution in [1.82, 2.24) is 15.2 Å². The molecule has 5 nitrogen and oxygen atoms in total. The Morgan fingerprint density at radius 2 is 2.12 bits per heavy atom. The van der Waals surface area contributed by atoms with Gasteiger partial charge in [0.25, 0.3) is 5.91 Å². The van der Waals surface area contributed by atoms with Gasteiger partial charge in [-0.1, -0.05) is 11.6 Å². The molecule has 1 saturated heterocycles. The molecule has 1 spiro atoms. The zero-order chi connectivity index (χ0) is 17.2. The molecule has 0 aromatic carbocycles. The molecule has 140 valence electrons. The van der Waals surface area contributed by atoms with E-state index in [1.807, 2.05) is 0 Å². The van der Waals surface area contributed by atoms with Crippen LogP contribution in [-0.4, -0.2) is 49.6 Å². The molecule has 2 heterocycles. The number of ether oxygens (including phenoxy) is 1. The molecule has 7 heteroatoms. The largest absolute Gasteiger partial charge is 0.478 e. The van der Waals surface area contributed by atoms with Gasteiger partial charge in [-0.15, -0.1) is 12.4 Å². The first-order chi connectivity index (χ1) is 11.5. The van der Waals surface area contributed by atoms with Crippen molar-refractivity contribution in [3.63, 3.8) is 0 Å². The summed E-state index contributed by atoms with van der Waals surface area (Å²) in [6.45, 7) is 3.00. The van der Waals surface area contributed by atoms with E-state index in [0.717, 1.165) is 12.3 Å². The lowest BCUT2D eigenvalue weighted by Gasteiger charge is -2.23. The molecule has 1 aliphatic heterocycles. The third kappa shape index (κ3) is 4.78. The van der Waals surface area contributed by atoms with Crippen LogP contribution in [0.1, 0.15) is 42.5 Å². The SMILES string of the molecule is CN(C)C(=O)c1ccc(OCCCC2CC23CCNCC3)nc1Cl.Cl. The lowest BCUT2D eigenvalue weighted by Crippen LogP contribution is -2.29. The zero-order valence-electron chi connectivity index (χ0n) is 14.9. The van der Waals surface area contributed by atoms with Gasteiger partial charge in [0, 0.05) is 20.2 Å². The van der Waals surface area contributed by atoms with Gasteiger partial charge in [-0.2, -0.15) is 0 Å². The Bertz CT molecular complexity index is 604. The molecule has 1 amide bonds. The summed E-state index contributed by atoms with van der Waals surface area (Å²) in [5.41, 5.74) is 1.04. The van der Waals surface area contributed by atoms with E-state index in [9.17, 15) is 4.79 Å². The number of nitrogens with one attached hydrogen (secondary N) is 1. The summed E-state index contributed by atoms with van der Waals surface area (Å²) in [5.74, 6) is 1.21. The summed E-state index contributed by atoms with van der Waals surface area (Å²) in [4.78, 5) is 17.6. The highest BCUT2D eigenvalue weighted by Gasteiger charge is 2.52. The lowest BCUT2D eigenvalue weighted by atomic mass is 9.91. The molecular weight excluding hydrogens is 361 g/mol. The number of carbonyl (C=O) groups is 1. The predicted octanol–water partition coefficient (Wildman–Crippen LogP) is 3.41. The first-order valence-electron chi connectivity index (χ1n) is 8.73. The summed E-state index contributed by atoms with van der Waals surface area (Å²) in [7, 11) is 3.38. The molecule has 0 bridgehead atoms. The fraction of sp³-hybridized carbons (Fsp3) is 0.667. The average Bonchev–Trinajstić information content (AvgIpc) is 3.23. The van der Waals surface area contributed by atoms with Crippen LogP contribution in [0.3, 0.4) is 0 Å². The third-order valence-corrected chi connectivity index (χ3v) is 5.65. The van der Waals surface area contributed by atoms with Crippen molar-refractivity contribution in [2.45, 2.75) is 32.1 Å². The second-order valence-electron chi connectivity index (χ2n) is 7.19. The van der Waals surface area contributed by atoms with Gasteiger partial charge in [0.2, 0.25) is 5.88 Å². The fourth-order valence-corrected chi connectivity index (χ4v) is 4.01. The van der Waals surface area contributed by atoms with Gasteiger partial charge >= 0.3 is 0 Å². The van der Waals surface area contributed by atoms with Gasteiger partial charge in [-0.3, -0.25) is 4.79 Å². The molecule has 1 aliphatic carbocycles. The molecule has 1 aromatic heterocycles. The first kappa shape index (κ1) is 20.3. The standard InChI is InChI=1S/C18H26ClN3O2.ClH/c1-22(2)17(23)14-5-6-15(21-16(14)19)24-11-3-4-13-12-18(13)7-9-20-10-8-18;/h5-6,13,20H,3-4,7-12H2,1-2H3;1H. The van der Waals surface area contributed by atoms with Gasteiger partial charge in [-0.05, 0) is 62.6 Å². The van der Waals surface area contributed by atoms with Gasteiger partial charge in [0.05, 0.1) is 12.2 Å². The number of hydrogen-bond donors (Lipinski definition) is 1. The minimum absolute atomic E-state index is 0. The smallest absolute Gasteiger partial charge is 0.256 e. The molecule has 3 rings (SSSR count). The van der Waals surface area contributed by atoms with Crippen LogP contribution in [0.2, 0.25) is 5.15 Å². The predicted molar refractivity (Wildman–Crippen MR) is 102 cm³/mol. The molecule has 1 aromatic rings. The fourth-order valence-electron chi connectivity index (χ4n) is 3.78. The van der Waals surface area contributed by atoms with Crippen LogP contribution in [0.25, 0.3) is 0 Å². The van der Waals surface area contributed by atoms with E-state index in [-0.39, 0.29) is 23.5 Å². The number of piperidine rings is 1. The number of carbonyl (C=O) groups excluding carboxylic acids is 1. The topological polar surface area (TPSA) is 54.5 Å². The van der Waals surface area contributed by atoms with Crippen LogP contribution >= 0.6 is 24.0 Å². The van der Waals surface area contributed by atoms with Crippen LogP contribution in [0.4, 0.5) is 0 Å². The van der Waals surface area contributed by atoms with E-state index < -0.39 is 0 Å². The van der Waals surface area contributed by atoms with E-state index in [1.165, 1.54) is 43.7 Å². The molecule has 1 N–H and O–H groups in total. The number of halogens is 2. The van der Waals surface area contributed by atoms with Gasteiger partial charge < -0.3 is 15.0 Å². The number of rotatable bonds is 6. The van der Waals surface area contributed by atoms with E-state index in [1.54, 1.807) is 26.2 Å². The minimum atomic E-state index is -0.153. The van der Waals surface area contributed by atoms with Gasteiger partial charge in [-0.25, -0.2) is 4.98 Å². The van der Waals surface area contributed by atoms with Crippen molar-refractivity contribution in [1.29, 1.82) is 0 Å². The number of nitrogens with zero attached hydrogens (tertiary/aromatic N) is 2. The first-order valence-corrected chi connectivity index (χ1v) is 9.11. The molecular formula is C18H27Cl2N3O2. The van der Waals surface area contributed by atoms with Crippen molar-refractivity contribution >= 4 is 29.9 Å². The Morgan fingerprint density at radius 3 is 2.76 bits per heavy atom. The van der Waals surface area contributed by atoms with E-state index >= 15 is 0 Å². The molecule has 0 radical (unpaired) electrons. The van der Waals surface area contributed by atoms with Gasteiger partial charge in [0.1, 0.15) is 5.15 Å². The maximum absolute atomic E-state index is 11.9. The summed E-state index contributed by atoms with van der Waals surface area (Å²) in [6, 6.07) is 3.39. The second-order valence-corrected chi connectivity index (χ2v) is 7.55. The van der Waals surface area contributed by atoms with Crippen LogP contribution in [0.15, 0.2) is 12.1 Å². The summed E-state index contributed by atoms with van der Waals surface area (Å²) < 4.78 is 5.70. The highest BCUT2D eigenvalue weighted by Crippen LogP contribution is 2.60. The third-order valence-electron chi connectivity index (χ3n) is 5.36. The summed E-state index contributed by atoms with van der Waals surface area (Å²) in [6.07, 6.45) is 6.32. The molecule has 1 unspecified atom stereocenters. The molecule has 2 fully saturated rings. The number of pyridine rings is 1. The number of aromatic nitrogens is 1. The maximum Gasteiger partial charge on any atom is 0.256 e. The lowest BCUT2D eigenvalue weighted by molar-refractivity contribution is 0.0827. The van der Waals surface area contributed by atoms with Crippen molar-refractivity contribution < 1.29 is 9.53 Å². The van der Waals surface area contributed by atoms with Crippen molar-refractivity contribution in [3.8, 4) is 5.88 Å². The van der Waals surface area contributed by atoms with Crippen LogP contribution < -0.4 is 10.1 Å². The Morgan fingerprint density at radius 1 is 1.40 bits per heavy atom. The van der Waals surface area contributed by atoms with Crippen molar-refractivity contribution in [2.24, 2.45) is 11.3 Å². The average molecular weight is 388 g/mol. The Labute approximate surface area is 160 Å². The van der Waals surface area contributed by atoms with E-state index in [0.29, 0.717) is 23.5 Å². The maximum atomic E-state index is 11.9. The van der Waals surface area contributed by atoms with E-state index in [4.69, 9.17) is 16.3 Å². The molecule has 1 atom stereocenters. The Kier molecular flexibility index (Phi) is 6.94. The van der Waals surface area contributed by atoms with Gasteiger partial charge in [0.15, 0.2) is 0 Å². The molecule has 2 aliphatic rings. The monoisotopic (exact) mass is 387 g/mol. The minimum Gasteiger partial charge on any atom is -0.478 e. The van der Waals surface area contributed by atoms with Crippen LogP contribution in [-0.2, 0) is 0 Å². The Balaban J connectivity index is 0.00000225. The Hall–Kier alpha value is -1.04. The van der Waals surface area contributed by atoms with E-state index in [2.05, 4.69) is 10.3 Å². The molecule has 25 heavy (non-hydrogen) atoms. The normalized spacial score (nSPS) is 20.7. The summed E-state index contributed by atoms with van der Waals surface area (Å²) >= 11 is 6.09. The van der Waals surface area contributed by atoms with Crippen molar-refractivity contribution in [3.05, 3.63) is 22.8 Å². The highest BCUT2D eigenvalue weighted by molar-refractivity contribution is 6.32. The number of amides is 1. The second kappa shape index (κ2) is 8.56. The highest BCUT2D eigenvalue weighted by atomic mass is 35.5. The summed E-state index contributed by atoms with van der Waals surface area (Å²) in [5, 5.41) is 3.64. The number of hydrogen-bond acceptors (Lipinski definition) is 4. The zero-order valence-corrected chi connectivity index (χ0v) is 16.5. The van der Waals surface area contributed by atoms with Crippen molar-refractivity contribution in [2.75, 3.05) is 33.8 Å².